The van der Waals surface area contributed by atoms with Gasteiger partial charge in [0.05, 0.1) is 21.3 Å². The Bertz CT molecular complexity index is 743. The molecule has 0 saturated heterocycles. The lowest BCUT2D eigenvalue weighted by atomic mass is 10.3. The molecule has 3 N–H and O–H groups in total. The largest absolute Gasteiger partial charge is 0.398 e. The third-order valence-corrected chi connectivity index (χ3v) is 4.54. The van der Waals surface area contributed by atoms with Gasteiger partial charge in [0.2, 0.25) is 0 Å². The van der Waals surface area contributed by atoms with E-state index in [0.29, 0.717) is 15.7 Å². The Hall–Kier alpha value is -1.14. The van der Waals surface area contributed by atoms with Crippen molar-refractivity contribution in [2.75, 3.05) is 10.5 Å². The van der Waals surface area contributed by atoms with Gasteiger partial charge in [0.15, 0.2) is 0 Å². The summed E-state index contributed by atoms with van der Waals surface area (Å²) < 4.78 is 26.7. The van der Waals surface area contributed by atoms with Gasteiger partial charge >= 0.3 is 0 Å². The number of rotatable bonds is 3. The number of anilines is 2. The highest BCUT2D eigenvalue weighted by Crippen LogP contribution is 2.27. The zero-order valence-electron chi connectivity index (χ0n) is 9.90. The summed E-state index contributed by atoms with van der Waals surface area (Å²) in [6.07, 6.45) is 0. The fourth-order valence-corrected chi connectivity index (χ4v) is 3.34. The van der Waals surface area contributed by atoms with Crippen molar-refractivity contribution < 1.29 is 8.42 Å². The van der Waals surface area contributed by atoms with Gasteiger partial charge in [-0.15, -0.1) is 0 Å². The monoisotopic (exact) mass is 350 g/mol. The van der Waals surface area contributed by atoms with Gasteiger partial charge in [-0.25, -0.2) is 8.42 Å². The number of nitrogens with two attached hydrogens (primary N) is 1. The van der Waals surface area contributed by atoms with Crippen LogP contribution in [-0.4, -0.2) is 8.42 Å². The minimum atomic E-state index is -3.79. The molecule has 0 amide bonds. The average molecular weight is 352 g/mol. The highest BCUT2D eigenvalue weighted by Gasteiger charge is 2.16. The van der Waals surface area contributed by atoms with Crippen LogP contribution < -0.4 is 10.5 Å². The lowest BCUT2D eigenvalue weighted by Gasteiger charge is -2.10. The predicted molar refractivity (Wildman–Crippen MR) is 83.1 cm³/mol. The maximum Gasteiger partial charge on any atom is 0.261 e. The summed E-state index contributed by atoms with van der Waals surface area (Å²) in [5.74, 6) is 0. The minimum Gasteiger partial charge on any atom is -0.398 e. The van der Waals surface area contributed by atoms with E-state index in [2.05, 4.69) is 4.72 Å². The molecule has 2 aromatic rings. The summed E-state index contributed by atoms with van der Waals surface area (Å²) >= 11 is 17.4. The lowest BCUT2D eigenvalue weighted by Crippen LogP contribution is -2.13. The van der Waals surface area contributed by atoms with Crippen molar-refractivity contribution in [3.8, 4) is 0 Å². The first kappa shape index (κ1) is 15.3. The van der Waals surface area contributed by atoms with Crippen molar-refractivity contribution in [1.29, 1.82) is 0 Å². The molecule has 2 rings (SSSR count). The zero-order chi connectivity index (χ0) is 14.9. The fraction of sp³-hybridized carbons (Fsp3) is 0. The summed E-state index contributed by atoms with van der Waals surface area (Å²) in [6, 6.07) is 8.44. The Morgan fingerprint density at radius 1 is 0.950 bits per heavy atom. The third-order valence-electron chi connectivity index (χ3n) is 2.40. The Balaban J connectivity index is 2.37. The standard InChI is InChI=1S/C12H9Cl3N2O2S/c13-7-3-8(14)5-9(4-7)17-20(18,19)10-1-2-12(16)11(15)6-10/h1-6,17H,16H2. The summed E-state index contributed by atoms with van der Waals surface area (Å²) in [7, 11) is -3.79. The van der Waals surface area contributed by atoms with Crippen molar-refractivity contribution in [1.82, 2.24) is 0 Å². The quantitative estimate of drug-likeness (QED) is 0.820. The highest BCUT2D eigenvalue weighted by molar-refractivity contribution is 7.92. The molecule has 20 heavy (non-hydrogen) atoms. The second-order valence-corrected chi connectivity index (χ2v) is 6.91. The van der Waals surface area contributed by atoms with Crippen molar-refractivity contribution in [2.24, 2.45) is 0 Å². The molecule has 0 saturated carbocycles. The van der Waals surface area contributed by atoms with Crippen LogP contribution in [0.2, 0.25) is 15.1 Å². The van der Waals surface area contributed by atoms with E-state index < -0.39 is 10.0 Å². The van der Waals surface area contributed by atoms with Crippen LogP contribution >= 0.6 is 34.8 Å². The number of nitrogens with one attached hydrogen (secondary N) is 1. The molecule has 4 nitrogen and oxygen atoms in total. The number of benzene rings is 2. The van der Waals surface area contributed by atoms with Gasteiger partial charge in [-0.05, 0) is 36.4 Å². The highest BCUT2D eigenvalue weighted by atomic mass is 35.5. The van der Waals surface area contributed by atoms with E-state index in [4.69, 9.17) is 40.5 Å². The second-order valence-electron chi connectivity index (χ2n) is 3.95. The number of hydrogen-bond acceptors (Lipinski definition) is 3. The van der Waals surface area contributed by atoms with Gasteiger partial charge in [-0.3, -0.25) is 4.72 Å². The van der Waals surface area contributed by atoms with Gasteiger partial charge in [0, 0.05) is 10.0 Å². The van der Waals surface area contributed by atoms with Crippen LogP contribution in [0.15, 0.2) is 41.3 Å². The SMILES string of the molecule is Nc1ccc(S(=O)(=O)Nc2cc(Cl)cc(Cl)c2)cc1Cl. The lowest BCUT2D eigenvalue weighted by molar-refractivity contribution is 0.601. The summed E-state index contributed by atoms with van der Waals surface area (Å²) in [6.45, 7) is 0. The van der Waals surface area contributed by atoms with E-state index in [-0.39, 0.29) is 15.6 Å². The predicted octanol–water partition coefficient (Wildman–Crippen LogP) is 4.03. The Morgan fingerprint density at radius 2 is 1.55 bits per heavy atom. The molecule has 0 aliphatic rings. The molecule has 0 bridgehead atoms. The van der Waals surface area contributed by atoms with E-state index >= 15 is 0 Å². The summed E-state index contributed by atoms with van der Waals surface area (Å²) in [5.41, 5.74) is 6.10. The first-order chi connectivity index (χ1) is 9.28. The molecule has 0 aromatic heterocycles. The maximum atomic E-state index is 12.2. The molecule has 0 aliphatic heterocycles. The van der Waals surface area contributed by atoms with Gasteiger partial charge in [0.1, 0.15) is 0 Å². The van der Waals surface area contributed by atoms with Crippen LogP contribution in [-0.2, 0) is 10.0 Å². The number of nitrogen functional groups attached to an aromatic ring is 1. The molecule has 0 aliphatic carbocycles. The van der Waals surface area contributed by atoms with Crippen molar-refractivity contribution >= 4 is 56.2 Å². The van der Waals surface area contributed by atoms with E-state index in [1.54, 1.807) is 0 Å². The first-order valence-electron chi connectivity index (χ1n) is 5.32. The number of halogens is 3. The normalized spacial score (nSPS) is 11.3. The van der Waals surface area contributed by atoms with Crippen LogP contribution in [0.1, 0.15) is 0 Å². The van der Waals surface area contributed by atoms with Gasteiger partial charge in [-0.2, -0.15) is 0 Å². The van der Waals surface area contributed by atoms with E-state index in [1.807, 2.05) is 0 Å². The van der Waals surface area contributed by atoms with Gasteiger partial charge < -0.3 is 5.73 Å². The van der Waals surface area contributed by atoms with E-state index in [1.165, 1.54) is 36.4 Å². The van der Waals surface area contributed by atoms with Crippen molar-refractivity contribution in [2.45, 2.75) is 4.90 Å². The molecule has 106 valence electrons. The minimum absolute atomic E-state index is 0.00667. The van der Waals surface area contributed by atoms with Crippen LogP contribution in [0.4, 0.5) is 11.4 Å². The van der Waals surface area contributed by atoms with Gasteiger partial charge in [0.25, 0.3) is 10.0 Å². The Morgan fingerprint density at radius 3 is 2.10 bits per heavy atom. The maximum absolute atomic E-state index is 12.2. The zero-order valence-corrected chi connectivity index (χ0v) is 13.0. The van der Waals surface area contributed by atoms with Crippen LogP contribution in [0.3, 0.4) is 0 Å². The molecule has 2 aromatic carbocycles. The van der Waals surface area contributed by atoms with Crippen LogP contribution in [0, 0.1) is 0 Å². The third kappa shape index (κ3) is 3.49. The molecule has 0 atom stereocenters. The first-order valence-corrected chi connectivity index (χ1v) is 7.93. The Labute approximate surface area is 131 Å². The fourth-order valence-electron chi connectivity index (χ4n) is 1.50. The number of hydrogen-bond donors (Lipinski definition) is 2. The van der Waals surface area contributed by atoms with E-state index in [0.717, 1.165) is 0 Å². The second kappa shape index (κ2) is 5.69. The molecule has 0 unspecified atom stereocenters. The molecular weight excluding hydrogens is 343 g/mol. The smallest absolute Gasteiger partial charge is 0.261 e. The molecule has 8 heteroatoms. The summed E-state index contributed by atoms with van der Waals surface area (Å²) in [5, 5.41) is 0.813. The molecule has 0 radical (unpaired) electrons. The Kier molecular flexibility index (Phi) is 4.34. The molecule has 0 heterocycles. The van der Waals surface area contributed by atoms with Crippen molar-refractivity contribution in [3.05, 3.63) is 51.5 Å². The van der Waals surface area contributed by atoms with Crippen LogP contribution in [0.5, 0.6) is 0 Å². The topological polar surface area (TPSA) is 72.2 Å². The van der Waals surface area contributed by atoms with Gasteiger partial charge in [-0.1, -0.05) is 34.8 Å². The molecule has 0 spiro atoms. The molecular formula is C12H9Cl3N2O2S. The summed E-state index contributed by atoms with van der Waals surface area (Å²) in [4.78, 5) is -0.00667. The van der Waals surface area contributed by atoms with E-state index in [9.17, 15) is 8.42 Å². The number of sulfonamides is 1. The molecule has 0 fully saturated rings. The van der Waals surface area contributed by atoms with Crippen molar-refractivity contribution in [3.63, 3.8) is 0 Å². The van der Waals surface area contributed by atoms with Crippen LogP contribution in [0.25, 0.3) is 0 Å². The average Bonchev–Trinajstić information content (AvgIpc) is 2.30.